The number of fused-ring (bicyclic) bond motifs is 1. The normalized spacial score (nSPS) is 10.2. The highest BCUT2D eigenvalue weighted by molar-refractivity contribution is 5.91. The van der Waals surface area contributed by atoms with Crippen LogP contribution in [0.15, 0.2) is 30.5 Å². The fraction of sp³-hybridized carbons (Fsp3) is 0.167. The van der Waals surface area contributed by atoms with Crippen molar-refractivity contribution in [2.75, 3.05) is 0 Å². The van der Waals surface area contributed by atoms with Crippen molar-refractivity contribution in [2.45, 2.75) is 12.8 Å². The molecule has 0 aliphatic carbocycles. The van der Waals surface area contributed by atoms with Crippen molar-refractivity contribution >= 4 is 17.0 Å². The second kappa shape index (κ2) is 4.07. The standard InChI is InChI=1S/C12H10N2O2/c13-7-3-4-9-8-14(12(15)16)11-6-2-1-5-10(9)11/h1-2,5-6,8H,3-4H2,(H,15,16). The summed E-state index contributed by atoms with van der Waals surface area (Å²) >= 11 is 0. The smallest absolute Gasteiger partial charge is 0.416 e. The van der Waals surface area contributed by atoms with Gasteiger partial charge in [-0.3, -0.25) is 4.57 Å². The molecule has 16 heavy (non-hydrogen) atoms. The number of aryl methyl sites for hydroxylation is 1. The number of carboxylic acid groups (broad SMARTS) is 1. The van der Waals surface area contributed by atoms with Crippen LogP contribution in [-0.2, 0) is 6.42 Å². The minimum absolute atomic E-state index is 0.396. The van der Waals surface area contributed by atoms with Crippen molar-refractivity contribution < 1.29 is 9.90 Å². The molecule has 0 atom stereocenters. The van der Waals surface area contributed by atoms with Gasteiger partial charge in [-0.15, -0.1) is 0 Å². The molecular formula is C12H10N2O2. The summed E-state index contributed by atoms with van der Waals surface area (Å²) in [6.07, 6.45) is 1.56. The zero-order valence-electron chi connectivity index (χ0n) is 8.55. The summed E-state index contributed by atoms with van der Waals surface area (Å²) in [5, 5.41) is 18.5. The number of rotatable bonds is 2. The summed E-state index contributed by atoms with van der Waals surface area (Å²) in [6, 6.07) is 9.37. The Kier molecular flexibility index (Phi) is 2.61. The second-order valence-corrected chi connectivity index (χ2v) is 3.48. The molecule has 1 aromatic heterocycles. The maximum absolute atomic E-state index is 11.0. The van der Waals surface area contributed by atoms with E-state index in [2.05, 4.69) is 6.07 Å². The Labute approximate surface area is 92.3 Å². The van der Waals surface area contributed by atoms with E-state index in [9.17, 15) is 4.79 Å². The molecule has 2 aromatic rings. The van der Waals surface area contributed by atoms with Crippen LogP contribution in [0.2, 0.25) is 0 Å². The fourth-order valence-corrected chi connectivity index (χ4v) is 1.80. The summed E-state index contributed by atoms with van der Waals surface area (Å²) in [5.74, 6) is 0. The SMILES string of the molecule is N#CCCc1cn(C(=O)O)c2ccccc12. The van der Waals surface area contributed by atoms with Gasteiger partial charge in [0.05, 0.1) is 11.6 Å². The Hall–Kier alpha value is -2.28. The van der Waals surface area contributed by atoms with Crippen molar-refractivity contribution in [2.24, 2.45) is 0 Å². The van der Waals surface area contributed by atoms with Crippen LogP contribution in [0.4, 0.5) is 4.79 Å². The van der Waals surface area contributed by atoms with Gasteiger partial charge in [-0.2, -0.15) is 5.26 Å². The lowest BCUT2D eigenvalue weighted by Gasteiger charge is -1.95. The van der Waals surface area contributed by atoms with Crippen LogP contribution in [0.5, 0.6) is 0 Å². The summed E-state index contributed by atoms with van der Waals surface area (Å²) in [4.78, 5) is 11.0. The molecule has 1 heterocycles. The number of hydrogen-bond donors (Lipinski definition) is 1. The van der Waals surface area contributed by atoms with Crippen molar-refractivity contribution in [3.8, 4) is 6.07 Å². The van der Waals surface area contributed by atoms with Gasteiger partial charge in [-0.05, 0) is 18.1 Å². The first kappa shape index (κ1) is 10.2. The van der Waals surface area contributed by atoms with Crippen LogP contribution >= 0.6 is 0 Å². The minimum Gasteiger partial charge on any atom is -0.464 e. The fourth-order valence-electron chi connectivity index (χ4n) is 1.80. The number of aromatic nitrogens is 1. The van der Waals surface area contributed by atoms with Crippen LogP contribution < -0.4 is 0 Å². The molecular weight excluding hydrogens is 204 g/mol. The minimum atomic E-state index is -1.00. The van der Waals surface area contributed by atoms with Crippen LogP contribution in [0.1, 0.15) is 12.0 Å². The van der Waals surface area contributed by atoms with Gasteiger partial charge in [0, 0.05) is 18.0 Å². The molecule has 0 spiro atoms. The Morgan fingerprint density at radius 1 is 1.44 bits per heavy atom. The van der Waals surface area contributed by atoms with Gasteiger partial charge in [0.25, 0.3) is 0 Å². The highest BCUT2D eigenvalue weighted by Gasteiger charge is 2.11. The number of hydrogen-bond acceptors (Lipinski definition) is 2. The molecule has 2 rings (SSSR count). The van der Waals surface area contributed by atoms with E-state index >= 15 is 0 Å². The number of para-hydroxylation sites is 1. The van der Waals surface area contributed by atoms with Crippen molar-refractivity contribution in [3.05, 3.63) is 36.0 Å². The number of benzene rings is 1. The topological polar surface area (TPSA) is 66.0 Å². The van der Waals surface area contributed by atoms with Crippen molar-refractivity contribution in [1.29, 1.82) is 5.26 Å². The van der Waals surface area contributed by atoms with Gasteiger partial charge in [-0.25, -0.2) is 4.79 Å². The number of carbonyl (C=O) groups is 1. The monoisotopic (exact) mass is 214 g/mol. The van der Waals surface area contributed by atoms with E-state index in [1.54, 1.807) is 18.3 Å². The average molecular weight is 214 g/mol. The third kappa shape index (κ3) is 1.63. The maximum atomic E-state index is 11.0. The third-order valence-corrected chi connectivity index (χ3v) is 2.51. The molecule has 4 nitrogen and oxygen atoms in total. The molecule has 1 aromatic carbocycles. The highest BCUT2D eigenvalue weighted by atomic mass is 16.4. The van der Waals surface area contributed by atoms with Gasteiger partial charge >= 0.3 is 6.09 Å². The van der Waals surface area contributed by atoms with E-state index in [0.29, 0.717) is 18.4 Å². The van der Waals surface area contributed by atoms with Gasteiger partial charge in [-0.1, -0.05) is 18.2 Å². The van der Waals surface area contributed by atoms with Crippen LogP contribution in [0.25, 0.3) is 10.9 Å². The van der Waals surface area contributed by atoms with E-state index in [1.165, 1.54) is 4.57 Å². The van der Waals surface area contributed by atoms with E-state index in [4.69, 9.17) is 10.4 Å². The zero-order chi connectivity index (χ0) is 11.5. The lowest BCUT2D eigenvalue weighted by atomic mass is 10.1. The average Bonchev–Trinajstić information content (AvgIpc) is 2.65. The quantitative estimate of drug-likeness (QED) is 0.835. The summed E-state index contributed by atoms with van der Waals surface area (Å²) < 4.78 is 1.20. The molecule has 0 aliphatic heterocycles. The molecule has 80 valence electrons. The summed E-state index contributed by atoms with van der Waals surface area (Å²) in [5.41, 5.74) is 1.57. The maximum Gasteiger partial charge on any atom is 0.416 e. The predicted octanol–water partition coefficient (Wildman–Crippen LogP) is 2.62. The van der Waals surface area contributed by atoms with Gasteiger partial charge in [0.15, 0.2) is 0 Å². The number of nitrogens with zero attached hydrogens (tertiary/aromatic N) is 2. The number of nitriles is 1. The first-order chi connectivity index (χ1) is 7.74. The van der Waals surface area contributed by atoms with E-state index in [1.807, 2.05) is 12.1 Å². The van der Waals surface area contributed by atoms with E-state index in [-0.39, 0.29) is 0 Å². The second-order valence-electron chi connectivity index (χ2n) is 3.48. The van der Waals surface area contributed by atoms with Crippen LogP contribution in [-0.4, -0.2) is 15.8 Å². The largest absolute Gasteiger partial charge is 0.464 e. The molecule has 0 aliphatic rings. The van der Waals surface area contributed by atoms with Gasteiger partial charge in [0.1, 0.15) is 0 Å². The summed E-state index contributed by atoms with van der Waals surface area (Å²) in [6.45, 7) is 0. The van der Waals surface area contributed by atoms with E-state index < -0.39 is 6.09 Å². The van der Waals surface area contributed by atoms with Crippen LogP contribution in [0, 0.1) is 11.3 Å². The first-order valence-corrected chi connectivity index (χ1v) is 4.93. The molecule has 0 saturated carbocycles. The zero-order valence-corrected chi connectivity index (χ0v) is 8.55. The molecule has 0 radical (unpaired) electrons. The Morgan fingerprint density at radius 3 is 2.88 bits per heavy atom. The lowest BCUT2D eigenvalue weighted by Crippen LogP contribution is -2.05. The molecule has 0 fully saturated rings. The third-order valence-electron chi connectivity index (χ3n) is 2.51. The van der Waals surface area contributed by atoms with Gasteiger partial charge in [0.2, 0.25) is 0 Å². The van der Waals surface area contributed by atoms with Crippen molar-refractivity contribution in [1.82, 2.24) is 4.57 Å². The van der Waals surface area contributed by atoms with Crippen LogP contribution in [0.3, 0.4) is 0 Å². The highest BCUT2D eigenvalue weighted by Crippen LogP contribution is 2.22. The molecule has 0 bridgehead atoms. The molecule has 4 heteroatoms. The lowest BCUT2D eigenvalue weighted by molar-refractivity contribution is 0.197. The molecule has 0 amide bonds. The summed E-state index contributed by atoms with van der Waals surface area (Å²) in [7, 11) is 0. The molecule has 1 N–H and O–H groups in total. The van der Waals surface area contributed by atoms with Crippen molar-refractivity contribution in [3.63, 3.8) is 0 Å². The Balaban J connectivity index is 2.58. The van der Waals surface area contributed by atoms with E-state index in [0.717, 1.165) is 10.9 Å². The Bertz CT molecular complexity index is 578. The Morgan fingerprint density at radius 2 is 2.19 bits per heavy atom. The first-order valence-electron chi connectivity index (χ1n) is 4.93. The molecule has 0 saturated heterocycles. The van der Waals surface area contributed by atoms with Gasteiger partial charge < -0.3 is 5.11 Å². The predicted molar refractivity (Wildman–Crippen MR) is 59.3 cm³/mol. The molecule has 0 unspecified atom stereocenters.